The smallest absolute Gasteiger partial charge is 0.251 e. The van der Waals surface area contributed by atoms with Crippen molar-refractivity contribution in [1.82, 2.24) is 10.6 Å². The van der Waals surface area contributed by atoms with Crippen LogP contribution in [-0.4, -0.2) is 32.0 Å². The fourth-order valence-corrected chi connectivity index (χ4v) is 2.49. The van der Waals surface area contributed by atoms with Crippen LogP contribution in [0.1, 0.15) is 35.2 Å². The van der Waals surface area contributed by atoms with Gasteiger partial charge in [0.05, 0.1) is 7.11 Å². The van der Waals surface area contributed by atoms with E-state index in [4.69, 9.17) is 4.74 Å². The molecule has 0 aliphatic rings. The molecule has 25 heavy (non-hydrogen) atoms. The van der Waals surface area contributed by atoms with Gasteiger partial charge in [0, 0.05) is 25.1 Å². The van der Waals surface area contributed by atoms with E-state index in [0.29, 0.717) is 30.8 Å². The van der Waals surface area contributed by atoms with E-state index in [1.165, 1.54) is 0 Å². The van der Waals surface area contributed by atoms with Crippen LogP contribution < -0.4 is 15.4 Å². The van der Waals surface area contributed by atoms with Crippen molar-refractivity contribution in [3.8, 4) is 5.75 Å². The van der Waals surface area contributed by atoms with Crippen LogP contribution in [0.25, 0.3) is 0 Å². The number of hydrogen-bond donors (Lipinski definition) is 2. The number of carbonyl (C=O) groups is 2. The Bertz CT molecular complexity index is 701. The van der Waals surface area contributed by atoms with Gasteiger partial charge in [-0.05, 0) is 29.7 Å². The van der Waals surface area contributed by atoms with Crippen molar-refractivity contribution in [3.63, 3.8) is 0 Å². The maximum absolute atomic E-state index is 12.0. The number of rotatable bonds is 8. The molecule has 0 aliphatic carbocycles. The highest BCUT2D eigenvalue weighted by Crippen LogP contribution is 2.17. The molecule has 0 heterocycles. The zero-order chi connectivity index (χ0) is 18.1. The van der Waals surface area contributed by atoms with Crippen molar-refractivity contribution < 1.29 is 14.3 Å². The first-order valence-corrected chi connectivity index (χ1v) is 8.34. The van der Waals surface area contributed by atoms with Crippen LogP contribution in [0.2, 0.25) is 0 Å². The molecule has 0 spiro atoms. The zero-order valence-corrected chi connectivity index (χ0v) is 14.6. The Hall–Kier alpha value is -2.82. The van der Waals surface area contributed by atoms with E-state index in [1.54, 1.807) is 31.4 Å². The van der Waals surface area contributed by atoms with Crippen LogP contribution in [-0.2, 0) is 4.79 Å². The molecule has 2 amide bonds. The number of amides is 2. The number of methoxy groups -OCH3 is 1. The third kappa shape index (κ3) is 5.95. The highest BCUT2D eigenvalue weighted by Gasteiger charge is 2.11. The minimum Gasteiger partial charge on any atom is -0.497 e. The number of benzene rings is 2. The molecule has 5 nitrogen and oxygen atoms in total. The summed E-state index contributed by atoms with van der Waals surface area (Å²) in [6, 6.07) is 16.9. The highest BCUT2D eigenvalue weighted by molar-refractivity contribution is 5.94. The molecule has 0 saturated carbocycles. The fourth-order valence-electron chi connectivity index (χ4n) is 2.49. The highest BCUT2D eigenvalue weighted by atomic mass is 16.5. The van der Waals surface area contributed by atoms with Crippen molar-refractivity contribution in [2.75, 3.05) is 20.2 Å². The fraction of sp³-hybridized carbons (Fsp3) is 0.300. The van der Waals surface area contributed by atoms with Gasteiger partial charge in [0.25, 0.3) is 5.91 Å². The lowest BCUT2D eigenvalue weighted by molar-refractivity contribution is -0.121. The first-order valence-electron chi connectivity index (χ1n) is 8.34. The van der Waals surface area contributed by atoms with Gasteiger partial charge in [-0.25, -0.2) is 0 Å². The van der Waals surface area contributed by atoms with Crippen molar-refractivity contribution in [3.05, 3.63) is 65.7 Å². The first-order chi connectivity index (χ1) is 12.1. The van der Waals surface area contributed by atoms with Crippen molar-refractivity contribution in [2.45, 2.75) is 19.3 Å². The molecule has 2 aromatic rings. The number of ether oxygens (including phenoxy) is 1. The first kappa shape index (κ1) is 18.5. The Balaban J connectivity index is 1.70. The van der Waals surface area contributed by atoms with Crippen LogP contribution in [0.4, 0.5) is 0 Å². The molecular formula is C20H24N2O3. The van der Waals surface area contributed by atoms with E-state index in [2.05, 4.69) is 10.6 Å². The second kappa shape index (κ2) is 9.47. The summed E-state index contributed by atoms with van der Waals surface area (Å²) in [6.45, 7) is 2.80. The number of hydrogen-bond acceptors (Lipinski definition) is 3. The van der Waals surface area contributed by atoms with Gasteiger partial charge in [-0.3, -0.25) is 9.59 Å². The molecule has 5 heteroatoms. The SMILES string of the molecule is COc1cccc(C(=O)NCCNC(=O)CC(C)c2ccccc2)c1. The van der Waals surface area contributed by atoms with Crippen LogP contribution >= 0.6 is 0 Å². The van der Waals surface area contributed by atoms with E-state index >= 15 is 0 Å². The molecule has 2 aromatic carbocycles. The maximum Gasteiger partial charge on any atom is 0.251 e. The van der Waals surface area contributed by atoms with Gasteiger partial charge in [-0.2, -0.15) is 0 Å². The lowest BCUT2D eigenvalue weighted by Crippen LogP contribution is -2.35. The van der Waals surface area contributed by atoms with Crippen molar-refractivity contribution in [2.24, 2.45) is 0 Å². The summed E-state index contributed by atoms with van der Waals surface area (Å²) < 4.78 is 5.10. The summed E-state index contributed by atoms with van der Waals surface area (Å²) in [4.78, 5) is 24.0. The van der Waals surface area contributed by atoms with Gasteiger partial charge in [0.15, 0.2) is 0 Å². The van der Waals surface area contributed by atoms with Gasteiger partial charge >= 0.3 is 0 Å². The Labute approximate surface area is 148 Å². The van der Waals surface area contributed by atoms with E-state index in [9.17, 15) is 9.59 Å². The normalized spacial score (nSPS) is 11.4. The molecule has 0 fully saturated rings. The van der Waals surface area contributed by atoms with Crippen molar-refractivity contribution >= 4 is 11.8 Å². The average Bonchev–Trinajstić information content (AvgIpc) is 2.65. The average molecular weight is 340 g/mol. The second-order valence-corrected chi connectivity index (χ2v) is 5.85. The standard InChI is InChI=1S/C20H24N2O3/c1-15(16-7-4-3-5-8-16)13-19(23)21-11-12-22-20(24)17-9-6-10-18(14-17)25-2/h3-10,14-15H,11-13H2,1-2H3,(H,21,23)(H,22,24). The Morgan fingerprint density at radius 2 is 1.72 bits per heavy atom. The summed E-state index contributed by atoms with van der Waals surface area (Å²) in [6.07, 6.45) is 0.424. The molecule has 0 radical (unpaired) electrons. The molecular weight excluding hydrogens is 316 g/mol. The van der Waals surface area contributed by atoms with Gasteiger partial charge in [-0.1, -0.05) is 43.3 Å². The second-order valence-electron chi connectivity index (χ2n) is 5.85. The lowest BCUT2D eigenvalue weighted by Gasteiger charge is -2.12. The molecule has 0 aromatic heterocycles. The number of nitrogens with one attached hydrogen (secondary N) is 2. The van der Waals surface area contributed by atoms with Crippen molar-refractivity contribution in [1.29, 1.82) is 0 Å². The summed E-state index contributed by atoms with van der Waals surface area (Å²) in [5.41, 5.74) is 1.67. The van der Waals surface area contributed by atoms with Crippen LogP contribution in [0.5, 0.6) is 5.75 Å². The predicted molar refractivity (Wildman–Crippen MR) is 97.8 cm³/mol. The van der Waals surface area contributed by atoms with Gasteiger partial charge < -0.3 is 15.4 Å². The van der Waals surface area contributed by atoms with Crippen LogP contribution in [0.15, 0.2) is 54.6 Å². The van der Waals surface area contributed by atoms with E-state index in [-0.39, 0.29) is 17.7 Å². The molecule has 0 aliphatic heterocycles. The molecule has 2 rings (SSSR count). The predicted octanol–water partition coefficient (Wildman–Crippen LogP) is 2.74. The minimum atomic E-state index is -0.189. The lowest BCUT2D eigenvalue weighted by atomic mass is 9.98. The van der Waals surface area contributed by atoms with Crippen LogP contribution in [0.3, 0.4) is 0 Å². The molecule has 0 saturated heterocycles. The Morgan fingerprint density at radius 3 is 2.44 bits per heavy atom. The van der Waals surface area contributed by atoms with E-state index in [0.717, 1.165) is 5.56 Å². The largest absolute Gasteiger partial charge is 0.497 e. The summed E-state index contributed by atoms with van der Waals surface area (Å²) in [7, 11) is 1.56. The maximum atomic E-state index is 12.0. The van der Waals surface area contributed by atoms with Gasteiger partial charge in [-0.15, -0.1) is 0 Å². The molecule has 0 bridgehead atoms. The molecule has 132 valence electrons. The zero-order valence-electron chi connectivity index (χ0n) is 14.6. The Morgan fingerprint density at radius 1 is 1.00 bits per heavy atom. The molecule has 1 unspecified atom stereocenters. The summed E-state index contributed by atoms with van der Waals surface area (Å²) >= 11 is 0. The number of carbonyl (C=O) groups excluding carboxylic acids is 2. The minimum absolute atomic E-state index is 0.0213. The summed E-state index contributed by atoms with van der Waals surface area (Å²) in [5.74, 6) is 0.584. The van der Waals surface area contributed by atoms with Gasteiger partial charge in [0.1, 0.15) is 5.75 Å². The van der Waals surface area contributed by atoms with E-state index < -0.39 is 0 Å². The topological polar surface area (TPSA) is 67.4 Å². The van der Waals surface area contributed by atoms with Gasteiger partial charge in [0.2, 0.25) is 5.91 Å². The third-order valence-corrected chi connectivity index (χ3v) is 3.92. The summed E-state index contributed by atoms with van der Waals surface area (Å²) in [5, 5.41) is 5.62. The third-order valence-electron chi connectivity index (χ3n) is 3.92. The Kier molecular flexibility index (Phi) is 7.01. The molecule has 2 N–H and O–H groups in total. The van der Waals surface area contributed by atoms with E-state index in [1.807, 2.05) is 37.3 Å². The quantitative estimate of drug-likeness (QED) is 0.726. The van der Waals surface area contributed by atoms with Crippen LogP contribution in [0, 0.1) is 0 Å². The molecule has 1 atom stereocenters. The monoisotopic (exact) mass is 340 g/mol.